The monoisotopic (exact) mass is 394 g/mol. The van der Waals surface area contributed by atoms with Crippen molar-refractivity contribution < 1.29 is 85.1 Å². The van der Waals surface area contributed by atoms with Crippen molar-refractivity contribution in [3.05, 3.63) is 21.6 Å². The Morgan fingerprint density at radius 2 is 1.22 bits per heavy atom. The number of rotatable bonds is 2. The van der Waals surface area contributed by atoms with Crippen molar-refractivity contribution in [2.75, 3.05) is 0 Å². The van der Waals surface area contributed by atoms with Crippen molar-refractivity contribution in [3.8, 4) is 0 Å². The second-order valence-corrected chi connectivity index (χ2v) is 6.55. The van der Waals surface area contributed by atoms with E-state index in [-0.39, 0.29) is 64.1 Å². The summed E-state index contributed by atoms with van der Waals surface area (Å²) in [5.41, 5.74) is 0. The Balaban J connectivity index is 0. The average molecular weight is 396 g/mol. The molecule has 1 aromatic rings. The fourth-order valence-electron chi connectivity index (χ4n) is 0.904. The molecule has 1 aromatic carbocycles. The Morgan fingerprint density at radius 1 is 0.944 bits per heavy atom. The fraction of sp³-hybridized carbons (Fsp3) is 0. The summed E-state index contributed by atoms with van der Waals surface area (Å²) in [4.78, 5) is -1.79. The molecule has 0 aliphatic rings. The van der Waals surface area contributed by atoms with E-state index >= 15 is 0 Å². The van der Waals surface area contributed by atoms with Crippen molar-refractivity contribution in [2.45, 2.75) is 9.79 Å². The summed E-state index contributed by atoms with van der Waals surface area (Å²) in [5.74, 6) is 0. The van der Waals surface area contributed by atoms with Crippen molar-refractivity contribution in [2.24, 2.45) is 0 Å². The van der Waals surface area contributed by atoms with Crippen LogP contribution < -0.4 is 59.1 Å². The molecule has 0 unspecified atom stereocenters. The van der Waals surface area contributed by atoms with Gasteiger partial charge in [0.2, 0.25) is 0 Å². The van der Waals surface area contributed by atoms with Crippen molar-refractivity contribution in [1.82, 2.24) is 0 Å². The summed E-state index contributed by atoms with van der Waals surface area (Å²) < 4.78 is 63.9. The predicted octanol–water partition coefficient (Wildman–Crippen LogP) is -5.08. The number of benzene rings is 1. The summed E-state index contributed by atoms with van der Waals surface area (Å²) in [6, 6.07) is 1.51. The summed E-state index contributed by atoms with van der Waals surface area (Å²) in [6.07, 6.45) is 0. The zero-order chi connectivity index (χ0) is 12.7. The van der Waals surface area contributed by atoms with Gasteiger partial charge >= 0.3 is 59.1 Å². The van der Waals surface area contributed by atoms with Gasteiger partial charge in [-0.3, -0.25) is 0 Å². The molecule has 0 N–H and O–H groups in total. The first kappa shape index (κ1) is 22.1. The Kier molecular flexibility index (Phi) is 9.47. The van der Waals surface area contributed by atoms with E-state index in [1.165, 1.54) is 0 Å². The fourth-order valence-corrected chi connectivity index (χ4v) is 3.94. The SMILES string of the molecule is O=S(=O)([O-])c1cc(Cl)cc(S(=O)(=O)[O-])c1Br.[Na+].[Na+]. The molecule has 0 fully saturated rings. The van der Waals surface area contributed by atoms with Gasteiger partial charge in [-0.2, -0.15) is 0 Å². The maximum atomic E-state index is 10.7. The third kappa shape index (κ3) is 5.66. The molecule has 18 heavy (non-hydrogen) atoms. The van der Waals surface area contributed by atoms with Crippen LogP contribution in [0.1, 0.15) is 0 Å². The first-order valence-electron chi connectivity index (χ1n) is 3.44. The summed E-state index contributed by atoms with van der Waals surface area (Å²) >= 11 is 7.98. The predicted molar refractivity (Wildman–Crippen MR) is 55.1 cm³/mol. The van der Waals surface area contributed by atoms with Crippen LogP contribution >= 0.6 is 27.5 Å². The first-order chi connectivity index (χ1) is 7.03. The van der Waals surface area contributed by atoms with E-state index < -0.39 is 34.5 Å². The minimum atomic E-state index is -4.92. The van der Waals surface area contributed by atoms with E-state index in [9.17, 15) is 25.9 Å². The molecular weight excluding hydrogens is 394 g/mol. The van der Waals surface area contributed by atoms with E-state index in [0.29, 0.717) is 0 Å². The zero-order valence-corrected chi connectivity index (χ0v) is 17.2. The maximum Gasteiger partial charge on any atom is 1.00 e. The number of hydrogen-bond donors (Lipinski definition) is 0. The molecule has 0 aliphatic carbocycles. The molecule has 12 heteroatoms. The van der Waals surface area contributed by atoms with Crippen LogP contribution in [0.2, 0.25) is 5.02 Å². The normalized spacial score (nSPS) is 11.3. The molecule has 0 radical (unpaired) electrons. The number of hydrogen-bond acceptors (Lipinski definition) is 6. The zero-order valence-electron chi connectivity index (χ0n) is 9.18. The smallest absolute Gasteiger partial charge is 0.744 e. The van der Waals surface area contributed by atoms with Crippen LogP contribution in [0.25, 0.3) is 0 Å². The molecular formula is C6H2BrClNa2O6S2. The first-order valence-corrected chi connectivity index (χ1v) is 7.43. The summed E-state index contributed by atoms with van der Waals surface area (Å²) in [7, 11) is -9.85. The topological polar surface area (TPSA) is 114 Å². The Bertz CT molecular complexity index is 591. The van der Waals surface area contributed by atoms with Gasteiger partial charge in [0.15, 0.2) is 0 Å². The van der Waals surface area contributed by atoms with Crippen molar-refractivity contribution in [3.63, 3.8) is 0 Å². The van der Waals surface area contributed by atoms with Gasteiger partial charge in [0.1, 0.15) is 20.2 Å². The molecule has 0 amide bonds. The molecule has 0 heterocycles. The van der Waals surface area contributed by atoms with Crippen LogP contribution in [-0.4, -0.2) is 25.9 Å². The summed E-state index contributed by atoms with van der Waals surface area (Å²) in [5, 5.41) is -0.341. The summed E-state index contributed by atoms with van der Waals surface area (Å²) in [6.45, 7) is 0. The second-order valence-electron chi connectivity index (χ2n) is 2.62. The largest absolute Gasteiger partial charge is 1.00 e. The molecule has 0 bridgehead atoms. The molecule has 0 aliphatic heterocycles. The van der Waals surface area contributed by atoms with Gasteiger partial charge in [-0.05, 0) is 28.1 Å². The van der Waals surface area contributed by atoms with Gasteiger partial charge in [-0.1, -0.05) is 11.6 Å². The number of halogens is 2. The van der Waals surface area contributed by atoms with Gasteiger partial charge in [0.05, 0.1) is 14.3 Å². The van der Waals surface area contributed by atoms with Crippen LogP contribution in [0, 0.1) is 0 Å². The molecule has 0 saturated carbocycles. The third-order valence-electron chi connectivity index (χ3n) is 1.51. The molecule has 0 atom stereocenters. The van der Waals surface area contributed by atoms with Crippen LogP contribution in [0.5, 0.6) is 0 Å². The second kappa shape index (κ2) is 7.71. The minimum Gasteiger partial charge on any atom is -0.744 e. The van der Waals surface area contributed by atoms with E-state index in [2.05, 4.69) is 15.9 Å². The molecule has 6 nitrogen and oxygen atoms in total. The van der Waals surface area contributed by atoms with Crippen LogP contribution in [0.3, 0.4) is 0 Å². The van der Waals surface area contributed by atoms with Gasteiger partial charge in [-0.15, -0.1) is 0 Å². The van der Waals surface area contributed by atoms with E-state index in [0.717, 1.165) is 12.1 Å². The Hall–Kier alpha value is 1.81. The van der Waals surface area contributed by atoms with Crippen LogP contribution in [0.15, 0.2) is 26.4 Å². The average Bonchev–Trinajstić information content (AvgIpc) is 2.04. The van der Waals surface area contributed by atoms with E-state index in [1.807, 2.05) is 0 Å². The van der Waals surface area contributed by atoms with Gasteiger partial charge in [0, 0.05) is 5.02 Å². The molecule has 0 spiro atoms. The van der Waals surface area contributed by atoms with E-state index in [1.54, 1.807) is 0 Å². The quantitative estimate of drug-likeness (QED) is 0.366. The Labute approximate surface area is 162 Å². The Morgan fingerprint density at radius 3 is 1.44 bits per heavy atom. The van der Waals surface area contributed by atoms with Crippen LogP contribution in [-0.2, 0) is 20.2 Å². The van der Waals surface area contributed by atoms with Crippen LogP contribution in [0.4, 0.5) is 0 Å². The standard InChI is InChI=1S/C6H4BrClO6S2.2Na/c7-6-4(15(9,10)11)1-3(8)2-5(6)16(12,13)14;;/h1-2H,(H,9,10,11)(H,12,13,14);;/q;2*+1/p-2. The molecule has 0 aromatic heterocycles. The maximum absolute atomic E-state index is 10.7. The molecule has 1 rings (SSSR count). The van der Waals surface area contributed by atoms with Gasteiger partial charge in [-0.25, -0.2) is 16.8 Å². The molecule has 90 valence electrons. The van der Waals surface area contributed by atoms with Crippen molar-refractivity contribution >= 4 is 47.8 Å². The van der Waals surface area contributed by atoms with Crippen molar-refractivity contribution in [1.29, 1.82) is 0 Å². The van der Waals surface area contributed by atoms with Gasteiger partial charge < -0.3 is 9.11 Å². The minimum absolute atomic E-state index is 0. The van der Waals surface area contributed by atoms with E-state index in [4.69, 9.17) is 11.6 Å². The molecule has 0 saturated heterocycles. The van der Waals surface area contributed by atoms with Gasteiger partial charge in [0.25, 0.3) is 0 Å². The third-order valence-corrected chi connectivity index (χ3v) is 4.83.